The summed E-state index contributed by atoms with van der Waals surface area (Å²) in [4.78, 5) is 11.3. The Balaban J connectivity index is 2.85. The van der Waals surface area contributed by atoms with Gasteiger partial charge in [0.2, 0.25) is 0 Å². The van der Waals surface area contributed by atoms with Gasteiger partial charge in [0.1, 0.15) is 0 Å². The molecule has 0 saturated carbocycles. The number of carbonyl (C=O) groups is 1. The van der Waals surface area contributed by atoms with Crippen molar-refractivity contribution in [3.05, 3.63) is 24.3 Å². The third kappa shape index (κ3) is 3.59. The Hall–Kier alpha value is -1.56. The van der Waals surface area contributed by atoms with Crippen LogP contribution in [0.25, 0.3) is 0 Å². The van der Waals surface area contributed by atoms with E-state index < -0.39 is 16.7 Å². The fraction of sp³-hybridized carbons (Fsp3) is 0.222. The lowest BCUT2D eigenvalue weighted by Crippen LogP contribution is -1.97. The molecule has 6 heteroatoms. The van der Waals surface area contributed by atoms with E-state index >= 15 is 0 Å². The Morgan fingerprint density at radius 3 is 2.60 bits per heavy atom. The van der Waals surface area contributed by atoms with E-state index in [-0.39, 0.29) is 6.61 Å². The molecule has 0 fully saturated rings. The highest BCUT2D eigenvalue weighted by Crippen LogP contribution is 2.07. The summed E-state index contributed by atoms with van der Waals surface area (Å²) in [5.41, 5.74) is 6.02. The van der Waals surface area contributed by atoms with Gasteiger partial charge in [0.15, 0.2) is 0 Å². The molecule has 0 aliphatic carbocycles. The van der Waals surface area contributed by atoms with Crippen molar-refractivity contribution < 1.29 is 13.7 Å². The summed E-state index contributed by atoms with van der Waals surface area (Å²) in [5.74, 6) is 0. The first-order chi connectivity index (χ1) is 7.13. The number of rotatable bonds is 2. The summed E-state index contributed by atoms with van der Waals surface area (Å²) in [6.45, 7) is 1.86. The minimum absolute atomic E-state index is 0.210. The van der Waals surface area contributed by atoms with E-state index in [1.165, 1.54) is 0 Å². The van der Waals surface area contributed by atoms with Crippen LogP contribution in [0.15, 0.2) is 33.5 Å². The molecule has 5 nitrogen and oxygen atoms in total. The summed E-state index contributed by atoms with van der Waals surface area (Å²) in [6.07, 6.45) is -0.826. The first-order valence-electron chi connectivity index (χ1n) is 4.29. The molecule has 1 rings (SSSR count). The predicted molar refractivity (Wildman–Crippen MR) is 56.6 cm³/mol. The molecule has 0 aliphatic heterocycles. The first-order valence-corrected chi connectivity index (χ1v) is 5.40. The van der Waals surface area contributed by atoms with Crippen LogP contribution < -0.4 is 5.73 Å². The number of hydrogen-bond acceptors (Lipinski definition) is 5. The first kappa shape index (κ1) is 11.5. The molecule has 0 spiro atoms. The lowest BCUT2D eigenvalue weighted by molar-refractivity contribution is 0.164. The number of amides is 1. The molecule has 1 aromatic rings. The molecule has 1 aromatic carbocycles. The molecule has 2 N–H and O–H groups in total. The van der Waals surface area contributed by atoms with E-state index in [4.69, 9.17) is 5.73 Å². The van der Waals surface area contributed by atoms with Gasteiger partial charge in [-0.3, -0.25) is 4.36 Å². The highest BCUT2D eigenvalue weighted by molar-refractivity contribution is 7.75. The van der Waals surface area contributed by atoms with E-state index in [9.17, 15) is 9.00 Å². The number of hydrogen-bond donors (Lipinski definition) is 1. The molecule has 0 saturated heterocycles. The molecule has 0 heterocycles. The van der Waals surface area contributed by atoms with E-state index in [2.05, 4.69) is 9.10 Å². The van der Waals surface area contributed by atoms with Crippen molar-refractivity contribution >= 4 is 22.4 Å². The van der Waals surface area contributed by atoms with Gasteiger partial charge in [-0.2, -0.15) is 0 Å². The maximum Gasteiger partial charge on any atom is 0.410 e. The van der Waals surface area contributed by atoms with Gasteiger partial charge < -0.3 is 14.7 Å². The van der Waals surface area contributed by atoms with Crippen LogP contribution in [0.4, 0.5) is 10.5 Å². The van der Waals surface area contributed by atoms with Gasteiger partial charge in [-0.15, -0.1) is 10.6 Å². The summed E-state index contributed by atoms with van der Waals surface area (Å²) in [7, 11) is -1.73. The molecule has 0 aromatic heterocycles. The highest BCUT2D eigenvalue weighted by atomic mass is 32.2. The molecule has 0 radical (unpaired) electrons. The minimum Gasteiger partial charge on any atom is -0.450 e. The molecular weight excluding hydrogens is 216 g/mol. The Labute approximate surface area is 89.5 Å². The Morgan fingerprint density at radius 2 is 2.07 bits per heavy atom. The molecule has 0 atom stereocenters. The van der Waals surface area contributed by atoms with E-state index in [1.807, 2.05) is 0 Å². The normalized spacial score (nSPS) is 12.3. The quantitative estimate of drug-likeness (QED) is 0.618. The lowest BCUT2D eigenvalue weighted by atomic mass is 10.3. The minimum atomic E-state index is -1.73. The summed E-state index contributed by atoms with van der Waals surface area (Å²) < 4.78 is 19.3. The van der Waals surface area contributed by atoms with Gasteiger partial charge in [-0.1, -0.05) is 17.0 Å². The van der Waals surface area contributed by atoms with Crippen LogP contribution >= 0.6 is 0 Å². The van der Waals surface area contributed by atoms with Crippen molar-refractivity contribution in [2.45, 2.75) is 11.8 Å². The molecular formula is C9H11N2O3S-. The van der Waals surface area contributed by atoms with Gasteiger partial charge in [-0.05, 0) is 19.1 Å². The summed E-state index contributed by atoms with van der Waals surface area (Å²) >= 11 is 0. The monoisotopic (exact) mass is 227 g/mol. The largest absolute Gasteiger partial charge is 0.450 e. The second-order valence-corrected chi connectivity index (χ2v) is 3.76. The van der Waals surface area contributed by atoms with Crippen molar-refractivity contribution in [3.8, 4) is 0 Å². The number of benzene rings is 1. The van der Waals surface area contributed by atoms with Gasteiger partial charge in [0.25, 0.3) is 0 Å². The predicted octanol–water partition coefficient (Wildman–Crippen LogP) is 1.93. The second-order valence-electron chi connectivity index (χ2n) is 2.61. The van der Waals surface area contributed by atoms with Crippen LogP contribution in [0.1, 0.15) is 6.92 Å². The average Bonchev–Trinajstić information content (AvgIpc) is 2.18. The summed E-state index contributed by atoms with van der Waals surface area (Å²) in [5, 5.41) is 0. The Kier molecular flexibility index (Phi) is 4.11. The van der Waals surface area contributed by atoms with E-state index in [1.54, 1.807) is 31.2 Å². The number of nitrogens with zero attached hydrogens (tertiary/aromatic N) is 1. The van der Waals surface area contributed by atoms with Crippen molar-refractivity contribution in [2.75, 3.05) is 12.3 Å². The van der Waals surface area contributed by atoms with Gasteiger partial charge >= 0.3 is 6.09 Å². The van der Waals surface area contributed by atoms with Crippen LogP contribution in [0.3, 0.4) is 0 Å². The van der Waals surface area contributed by atoms with Crippen LogP contribution in [0.5, 0.6) is 0 Å². The SMILES string of the molecule is CCOC(=O)N=[S-](=O)c1ccc(N)cc1. The molecule has 15 heavy (non-hydrogen) atoms. The molecule has 0 aliphatic rings. The van der Waals surface area contributed by atoms with Crippen molar-refractivity contribution in [1.29, 1.82) is 0 Å². The molecule has 0 unspecified atom stereocenters. The van der Waals surface area contributed by atoms with Gasteiger partial charge in [0.05, 0.1) is 6.61 Å². The topological polar surface area (TPSA) is 81.8 Å². The smallest absolute Gasteiger partial charge is 0.410 e. The van der Waals surface area contributed by atoms with E-state index in [0.29, 0.717) is 10.6 Å². The fourth-order valence-corrected chi connectivity index (χ4v) is 1.52. The molecule has 0 bridgehead atoms. The van der Waals surface area contributed by atoms with Crippen LogP contribution in [0.2, 0.25) is 0 Å². The van der Waals surface area contributed by atoms with Crippen molar-refractivity contribution in [3.63, 3.8) is 0 Å². The van der Waals surface area contributed by atoms with Gasteiger partial charge in [-0.25, -0.2) is 4.79 Å². The maximum absolute atomic E-state index is 11.4. The maximum atomic E-state index is 11.4. The van der Waals surface area contributed by atoms with Crippen molar-refractivity contribution in [1.82, 2.24) is 0 Å². The van der Waals surface area contributed by atoms with Crippen molar-refractivity contribution in [2.24, 2.45) is 4.36 Å². The fourth-order valence-electron chi connectivity index (χ4n) is 0.854. The zero-order chi connectivity index (χ0) is 11.3. The lowest BCUT2D eigenvalue weighted by Gasteiger charge is -2.05. The highest BCUT2D eigenvalue weighted by Gasteiger charge is 1.91. The van der Waals surface area contributed by atoms with E-state index in [0.717, 1.165) is 0 Å². The van der Waals surface area contributed by atoms with Crippen LogP contribution in [-0.2, 0) is 19.5 Å². The number of nitrogen functional groups attached to an aromatic ring is 1. The number of carbonyl (C=O) groups excluding carboxylic acids is 1. The molecule has 1 amide bonds. The number of ether oxygens (including phenoxy) is 1. The van der Waals surface area contributed by atoms with Crippen LogP contribution in [0, 0.1) is 0 Å². The Morgan fingerprint density at radius 1 is 1.47 bits per heavy atom. The number of nitrogens with two attached hydrogens (primary N) is 1. The van der Waals surface area contributed by atoms with Crippen LogP contribution in [-0.4, -0.2) is 12.7 Å². The zero-order valence-corrected chi connectivity index (χ0v) is 8.99. The molecule has 82 valence electrons. The Bertz CT molecular complexity index is 421. The summed E-state index contributed by atoms with van der Waals surface area (Å²) in [6, 6.07) is 6.28. The average molecular weight is 227 g/mol. The third-order valence-corrected chi connectivity index (χ3v) is 2.50. The number of anilines is 1. The standard InChI is InChI=1S/C9H11N2O3S/c1-2-14-9(12)11-15(13)8-5-3-7(10)4-6-8/h3-6H,2,10H2,1H3/q-1. The second kappa shape index (κ2) is 5.35. The van der Waals surface area contributed by atoms with Gasteiger partial charge in [0, 0.05) is 5.69 Å². The third-order valence-electron chi connectivity index (χ3n) is 1.51. The zero-order valence-electron chi connectivity index (χ0n) is 8.17.